The second-order valence-electron chi connectivity index (χ2n) is 6.35. The van der Waals surface area contributed by atoms with Crippen molar-refractivity contribution < 1.29 is 4.79 Å². The van der Waals surface area contributed by atoms with Gasteiger partial charge in [0.15, 0.2) is 5.13 Å². The number of hydrogen-bond donors (Lipinski definition) is 0. The fourth-order valence-electron chi connectivity index (χ4n) is 2.64. The van der Waals surface area contributed by atoms with Crippen LogP contribution in [0.3, 0.4) is 0 Å². The van der Waals surface area contributed by atoms with Gasteiger partial charge in [0.2, 0.25) is 0 Å². The highest BCUT2D eigenvalue weighted by Crippen LogP contribution is 2.32. The number of halogens is 4. The van der Waals surface area contributed by atoms with Gasteiger partial charge >= 0.3 is 0 Å². The monoisotopic (exact) mass is 477 g/mol. The van der Waals surface area contributed by atoms with Crippen molar-refractivity contribution in [2.75, 3.05) is 32.1 Å². The predicted molar refractivity (Wildman–Crippen MR) is 123 cm³/mol. The molecule has 1 amide bonds. The second-order valence-corrected chi connectivity index (χ2v) is 8.64. The first-order valence-corrected chi connectivity index (χ1v) is 10.3. The summed E-state index contributed by atoms with van der Waals surface area (Å²) in [7, 11) is 4.00. The van der Waals surface area contributed by atoms with E-state index in [1.807, 2.05) is 26.2 Å². The molecule has 150 valence electrons. The fourth-order valence-corrected chi connectivity index (χ4v) is 4.27. The normalized spacial score (nSPS) is 10.9. The van der Waals surface area contributed by atoms with E-state index in [9.17, 15) is 4.79 Å². The molecule has 1 heterocycles. The summed E-state index contributed by atoms with van der Waals surface area (Å²) in [5, 5.41) is 2.09. The average Bonchev–Trinajstić information content (AvgIpc) is 3.02. The first kappa shape index (κ1) is 23.2. The average molecular weight is 479 g/mol. The minimum atomic E-state index is -0.216. The maximum atomic E-state index is 13.2. The zero-order valence-corrected chi connectivity index (χ0v) is 19.2. The molecular formula is C19H19Cl4N3OS. The molecule has 0 spiro atoms. The number of hydrogen-bond acceptors (Lipinski definition) is 4. The minimum absolute atomic E-state index is 0. The van der Waals surface area contributed by atoms with Crippen molar-refractivity contribution in [3.8, 4) is 0 Å². The zero-order chi connectivity index (χ0) is 19.6. The molecule has 2 aromatic carbocycles. The lowest BCUT2D eigenvalue weighted by molar-refractivity contribution is 0.0986. The molecule has 0 unspecified atom stereocenters. The first-order chi connectivity index (χ1) is 12.8. The largest absolute Gasteiger partial charge is 0.309 e. The van der Waals surface area contributed by atoms with Gasteiger partial charge in [-0.1, -0.05) is 46.1 Å². The Kier molecular flexibility index (Phi) is 8.37. The molecule has 28 heavy (non-hydrogen) atoms. The molecule has 0 saturated heterocycles. The van der Waals surface area contributed by atoms with Gasteiger partial charge in [-0.3, -0.25) is 9.69 Å². The Hall–Kier alpha value is -1.08. The van der Waals surface area contributed by atoms with Crippen molar-refractivity contribution in [2.45, 2.75) is 6.42 Å². The van der Waals surface area contributed by atoms with Crippen LogP contribution in [0, 0.1) is 0 Å². The Morgan fingerprint density at radius 2 is 1.71 bits per heavy atom. The summed E-state index contributed by atoms with van der Waals surface area (Å²) in [6.07, 6.45) is 0.799. The van der Waals surface area contributed by atoms with Crippen LogP contribution in [0.2, 0.25) is 15.1 Å². The highest BCUT2D eigenvalue weighted by atomic mass is 35.5. The zero-order valence-electron chi connectivity index (χ0n) is 15.3. The molecule has 0 fully saturated rings. The lowest BCUT2D eigenvalue weighted by Gasteiger charge is -2.21. The van der Waals surface area contributed by atoms with E-state index in [1.54, 1.807) is 29.2 Å². The summed E-state index contributed by atoms with van der Waals surface area (Å²) in [4.78, 5) is 21.6. The Morgan fingerprint density at radius 3 is 2.43 bits per heavy atom. The molecule has 9 heteroatoms. The molecular weight excluding hydrogens is 460 g/mol. The van der Waals surface area contributed by atoms with Crippen molar-refractivity contribution in [3.63, 3.8) is 0 Å². The van der Waals surface area contributed by atoms with Gasteiger partial charge in [0.1, 0.15) is 0 Å². The molecule has 0 aliphatic carbocycles. The van der Waals surface area contributed by atoms with Crippen LogP contribution >= 0.6 is 58.5 Å². The Labute approximate surface area is 189 Å². The van der Waals surface area contributed by atoms with Crippen LogP contribution in [0.1, 0.15) is 16.8 Å². The molecule has 4 nitrogen and oxygen atoms in total. The molecule has 0 atom stereocenters. The van der Waals surface area contributed by atoms with Crippen LogP contribution in [-0.4, -0.2) is 43.0 Å². The molecule has 0 bridgehead atoms. The number of benzene rings is 2. The number of carbonyl (C=O) groups is 1. The molecule has 0 aliphatic rings. The van der Waals surface area contributed by atoms with Crippen molar-refractivity contribution >= 4 is 79.8 Å². The molecule has 0 radical (unpaired) electrons. The summed E-state index contributed by atoms with van der Waals surface area (Å²) in [5.74, 6) is -0.216. The van der Waals surface area contributed by atoms with E-state index in [-0.39, 0.29) is 18.3 Å². The van der Waals surface area contributed by atoms with Crippen molar-refractivity contribution in [1.82, 2.24) is 9.88 Å². The number of fused-ring (bicyclic) bond motifs is 1. The standard InChI is InChI=1S/C19H18Cl3N3OS.ClH/c1-24(2)8-3-9-25(18(26)14-10-12(20)4-6-15(14)22)19-23-16-7-5-13(21)11-17(16)27-19;/h4-7,10-11H,3,8-9H2,1-2H3;1H. The highest BCUT2D eigenvalue weighted by molar-refractivity contribution is 7.22. The van der Waals surface area contributed by atoms with Crippen LogP contribution in [0.4, 0.5) is 5.13 Å². The van der Waals surface area contributed by atoms with Crippen LogP contribution in [0.25, 0.3) is 10.2 Å². The lowest BCUT2D eigenvalue weighted by Crippen LogP contribution is -2.33. The van der Waals surface area contributed by atoms with E-state index < -0.39 is 0 Å². The third-order valence-electron chi connectivity index (χ3n) is 3.96. The summed E-state index contributed by atoms with van der Waals surface area (Å²) < 4.78 is 0.931. The number of nitrogens with zero attached hydrogens (tertiary/aromatic N) is 3. The third-order valence-corrected chi connectivity index (χ3v) is 5.80. The van der Waals surface area contributed by atoms with Crippen LogP contribution < -0.4 is 4.90 Å². The van der Waals surface area contributed by atoms with E-state index in [1.165, 1.54) is 11.3 Å². The molecule has 3 rings (SSSR count). The van der Waals surface area contributed by atoms with Gasteiger partial charge in [-0.25, -0.2) is 4.98 Å². The number of rotatable bonds is 6. The smallest absolute Gasteiger partial charge is 0.261 e. The van der Waals surface area contributed by atoms with Gasteiger partial charge in [0, 0.05) is 16.6 Å². The van der Waals surface area contributed by atoms with Crippen LogP contribution in [0.15, 0.2) is 36.4 Å². The third kappa shape index (κ3) is 5.50. The van der Waals surface area contributed by atoms with E-state index in [0.29, 0.717) is 32.3 Å². The van der Waals surface area contributed by atoms with Crippen molar-refractivity contribution in [2.24, 2.45) is 0 Å². The van der Waals surface area contributed by atoms with Gasteiger partial charge in [0.05, 0.1) is 20.8 Å². The van der Waals surface area contributed by atoms with E-state index >= 15 is 0 Å². The van der Waals surface area contributed by atoms with Crippen molar-refractivity contribution in [3.05, 3.63) is 57.0 Å². The highest BCUT2D eigenvalue weighted by Gasteiger charge is 2.23. The van der Waals surface area contributed by atoms with E-state index in [0.717, 1.165) is 23.2 Å². The Balaban J connectivity index is 0.00000280. The van der Waals surface area contributed by atoms with Gasteiger partial charge in [0.25, 0.3) is 5.91 Å². The van der Waals surface area contributed by atoms with E-state index in [4.69, 9.17) is 34.8 Å². The number of aromatic nitrogens is 1. The predicted octanol–water partition coefficient (Wildman–Crippen LogP) is 6.28. The SMILES string of the molecule is CN(C)CCCN(C(=O)c1cc(Cl)ccc1Cl)c1nc2ccc(Cl)cc2s1.Cl. The Bertz CT molecular complexity index is 977. The Morgan fingerprint density at radius 1 is 1.04 bits per heavy atom. The summed E-state index contributed by atoms with van der Waals surface area (Å²) in [6, 6.07) is 10.4. The molecule has 0 saturated carbocycles. The number of thiazole rings is 1. The molecule has 1 aromatic heterocycles. The summed E-state index contributed by atoms with van der Waals surface area (Å²) in [6.45, 7) is 1.37. The summed E-state index contributed by atoms with van der Waals surface area (Å²) in [5.41, 5.74) is 1.17. The molecule has 3 aromatic rings. The molecule has 0 aliphatic heterocycles. The lowest BCUT2D eigenvalue weighted by atomic mass is 10.2. The van der Waals surface area contributed by atoms with Crippen LogP contribution in [-0.2, 0) is 0 Å². The fraction of sp³-hybridized carbons (Fsp3) is 0.263. The number of anilines is 1. The van der Waals surface area contributed by atoms with Crippen molar-refractivity contribution in [1.29, 1.82) is 0 Å². The minimum Gasteiger partial charge on any atom is -0.309 e. The topological polar surface area (TPSA) is 36.4 Å². The van der Waals surface area contributed by atoms with Crippen LogP contribution in [0.5, 0.6) is 0 Å². The van der Waals surface area contributed by atoms with Gasteiger partial charge < -0.3 is 4.90 Å². The maximum absolute atomic E-state index is 13.2. The van der Waals surface area contributed by atoms with E-state index in [2.05, 4.69) is 9.88 Å². The maximum Gasteiger partial charge on any atom is 0.261 e. The van der Waals surface area contributed by atoms with Gasteiger partial charge in [-0.15, -0.1) is 12.4 Å². The first-order valence-electron chi connectivity index (χ1n) is 8.33. The molecule has 0 N–H and O–H groups in total. The quantitative estimate of drug-likeness (QED) is 0.418. The number of amides is 1. The number of carbonyl (C=O) groups excluding carboxylic acids is 1. The van der Waals surface area contributed by atoms with Gasteiger partial charge in [-0.05, 0) is 63.5 Å². The summed E-state index contributed by atoms with van der Waals surface area (Å²) >= 11 is 19.8. The second kappa shape index (κ2) is 10.1. The van der Waals surface area contributed by atoms with Gasteiger partial charge in [-0.2, -0.15) is 0 Å².